The molecule has 1 unspecified atom stereocenters. The first kappa shape index (κ1) is 12.2. The molecule has 0 saturated carbocycles. The van der Waals surface area contributed by atoms with E-state index in [-0.39, 0.29) is 11.7 Å². The number of hydrogen-bond acceptors (Lipinski definition) is 3. The number of fused-ring (bicyclic) bond motifs is 1. The molecule has 19 heavy (non-hydrogen) atoms. The Kier molecular flexibility index (Phi) is 2.80. The van der Waals surface area contributed by atoms with Crippen molar-refractivity contribution in [3.63, 3.8) is 0 Å². The maximum absolute atomic E-state index is 11.2. The third-order valence-corrected chi connectivity index (χ3v) is 4.63. The van der Waals surface area contributed by atoms with E-state index in [4.69, 9.17) is 5.73 Å². The summed E-state index contributed by atoms with van der Waals surface area (Å²) in [6, 6.07) is 7.76. The van der Waals surface area contributed by atoms with Gasteiger partial charge in [-0.3, -0.25) is 0 Å². The van der Waals surface area contributed by atoms with Crippen LogP contribution >= 0.6 is 11.3 Å². The Morgan fingerprint density at radius 2 is 1.89 bits per heavy atom. The highest BCUT2D eigenvalue weighted by Crippen LogP contribution is 2.29. The zero-order valence-electron chi connectivity index (χ0n) is 10.8. The van der Waals surface area contributed by atoms with Crippen LogP contribution in [0.3, 0.4) is 0 Å². The lowest BCUT2D eigenvalue weighted by atomic mass is 10.1. The fraction of sp³-hybridized carbons (Fsp3) is 0.214. The highest BCUT2D eigenvalue weighted by molar-refractivity contribution is 7.12. The second-order valence-electron chi connectivity index (χ2n) is 4.75. The van der Waals surface area contributed by atoms with Crippen molar-refractivity contribution in [2.45, 2.75) is 19.9 Å². The molecule has 2 aromatic heterocycles. The van der Waals surface area contributed by atoms with Crippen molar-refractivity contribution < 1.29 is 0 Å². The van der Waals surface area contributed by atoms with E-state index in [2.05, 4.69) is 29.9 Å². The predicted octanol–water partition coefficient (Wildman–Crippen LogP) is 2.58. The number of imidazole rings is 1. The third kappa shape index (κ3) is 2.11. The molecule has 0 saturated heterocycles. The van der Waals surface area contributed by atoms with Crippen molar-refractivity contribution in [2.24, 2.45) is 5.73 Å². The summed E-state index contributed by atoms with van der Waals surface area (Å²) < 4.78 is 0. The molecule has 98 valence electrons. The molecule has 0 amide bonds. The molecular weight excluding hydrogens is 258 g/mol. The fourth-order valence-electron chi connectivity index (χ4n) is 2.16. The lowest BCUT2D eigenvalue weighted by molar-refractivity contribution is 0.894. The van der Waals surface area contributed by atoms with Crippen LogP contribution in [0.2, 0.25) is 0 Å². The van der Waals surface area contributed by atoms with Gasteiger partial charge in [0.25, 0.3) is 0 Å². The smallest absolute Gasteiger partial charge is 0.320 e. The molecule has 1 aromatic carbocycles. The minimum Gasteiger partial charge on any atom is -0.320 e. The van der Waals surface area contributed by atoms with Crippen LogP contribution in [0.4, 0.5) is 0 Å². The van der Waals surface area contributed by atoms with Crippen molar-refractivity contribution in [2.75, 3.05) is 0 Å². The molecule has 3 rings (SSSR count). The molecule has 0 bridgehead atoms. The summed E-state index contributed by atoms with van der Waals surface area (Å²) in [5.41, 5.74) is 9.99. The molecule has 2 heterocycles. The Balaban J connectivity index is 2.05. The molecule has 0 radical (unpaired) electrons. The van der Waals surface area contributed by atoms with Gasteiger partial charge in [-0.15, -0.1) is 11.3 Å². The zero-order chi connectivity index (χ0) is 13.6. The number of H-pyrrole nitrogens is 2. The van der Waals surface area contributed by atoms with Crippen LogP contribution in [-0.2, 0) is 0 Å². The molecule has 4 nitrogen and oxygen atoms in total. The van der Waals surface area contributed by atoms with Gasteiger partial charge in [-0.05, 0) is 43.2 Å². The molecule has 0 aliphatic heterocycles. The van der Waals surface area contributed by atoms with Gasteiger partial charge >= 0.3 is 5.69 Å². The third-order valence-electron chi connectivity index (χ3n) is 3.39. The summed E-state index contributed by atoms with van der Waals surface area (Å²) in [6.45, 7) is 4.19. The lowest BCUT2D eigenvalue weighted by Gasteiger charge is -2.09. The van der Waals surface area contributed by atoms with Crippen molar-refractivity contribution in [3.8, 4) is 0 Å². The molecule has 0 aliphatic carbocycles. The van der Waals surface area contributed by atoms with Crippen molar-refractivity contribution in [3.05, 3.63) is 55.6 Å². The largest absolute Gasteiger partial charge is 0.323 e. The average Bonchev–Trinajstić information content (AvgIpc) is 2.90. The molecule has 0 aliphatic rings. The van der Waals surface area contributed by atoms with Crippen LogP contribution in [-0.4, -0.2) is 9.97 Å². The Morgan fingerprint density at radius 3 is 2.58 bits per heavy atom. The van der Waals surface area contributed by atoms with Gasteiger partial charge in [-0.25, -0.2) is 4.79 Å². The summed E-state index contributed by atoms with van der Waals surface area (Å²) in [5, 5.41) is 0. The first-order chi connectivity index (χ1) is 9.04. The number of nitrogens with two attached hydrogens (primary N) is 1. The predicted molar refractivity (Wildman–Crippen MR) is 78.7 cm³/mol. The van der Waals surface area contributed by atoms with Crippen molar-refractivity contribution in [1.82, 2.24) is 9.97 Å². The van der Waals surface area contributed by atoms with Crippen molar-refractivity contribution in [1.29, 1.82) is 0 Å². The maximum atomic E-state index is 11.2. The first-order valence-corrected chi connectivity index (χ1v) is 6.90. The van der Waals surface area contributed by atoms with E-state index >= 15 is 0 Å². The van der Waals surface area contributed by atoms with E-state index in [1.54, 1.807) is 11.3 Å². The van der Waals surface area contributed by atoms with Gasteiger partial charge in [0.05, 0.1) is 17.1 Å². The van der Waals surface area contributed by atoms with Crippen LogP contribution in [0.15, 0.2) is 29.1 Å². The van der Waals surface area contributed by atoms with Gasteiger partial charge < -0.3 is 15.7 Å². The Bertz CT molecular complexity index is 777. The number of aryl methyl sites for hydroxylation is 2. The topological polar surface area (TPSA) is 74.7 Å². The number of aromatic amines is 2. The maximum Gasteiger partial charge on any atom is 0.323 e. The Hall–Kier alpha value is -1.85. The van der Waals surface area contributed by atoms with E-state index in [0.717, 1.165) is 21.5 Å². The molecule has 1 atom stereocenters. The summed E-state index contributed by atoms with van der Waals surface area (Å²) >= 11 is 1.72. The number of rotatable bonds is 2. The quantitative estimate of drug-likeness (QED) is 0.671. The van der Waals surface area contributed by atoms with E-state index in [1.807, 2.05) is 18.2 Å². The number of thiophene rings is 1. The van der Waals surface area contributed by atoms with Gasteiger partial charge in [0.1, 0.15) is 0 Å². The van der Waals surface area contributed by atoms with E-state index in [9.17, 15) is 4.79 Å². The monoisotopic (exact) mass is 273 g/mol. The Morgan fingerprint density at radius 1 is 1.16 bits per heavy atom. The lowest BCUT2D eigenvalue weighted by Crippen LogP contribution is -2.10. The Labute approximate surface area is 114 Å². The van der Waals surface area contributed by atoms with Crippen LogP contribution in [0, 0.1) is 13.8 Å². The van der Waals surface area contributed by atoms with Gasteiger partial charge in [0.2, 0.25) is 0 Å². The summed E-state index contributed by atoms with van der Waals surface area (Å²) in [6.07, 6.45) is 0. The number of aromatic nitrogens is 2. The zero-order valence-corrected chi connectivity index (χ0v) is 11.6. The standard InChI is InChI=1S/C14H15N3OS/c1-7-5-12(19-8(7)2)13(15)9-3-4-10-11(6-9)17-14(18)16-10/h3-6,13H,15H2,1-2H3,(H2,16,17,18). The molecule has 3 aromatic rings. The molecule has 0 fully saturated rings. The molecule has 4 N–H and O–H groups in total. The molecule has 5 heteroatoms. The molecular formula is C14H15N3OS. The minimum absolute atomic E-state index is 0.153. The van der Waals surface area contributed by atoms with Gasteiger partial charge in [0, 0.05) is 9.75 Å². The fourth-order valence-corrected chi connectivity index (χ4v) is 3.24. The second-order valence-corrected chi connectivity index (χ2v) is 6.04. The van der Waals surface area contributed by atoms with E-state index in [1.165, 1.54) is 10.4 Å². The number of hydrogen-bond donors (Lipinski definition) is 3. The highest BCUT2D eigenvalue weighted by Gasteiger charge is 2.13. The van der Waals surface area contributed by atoms with Gasteiger partial charge in [-0.2, -0.15) is 0 Å². The van der Waals surface area contributed by atoms with Crippen LogP contribution in [0.25, 0.3) is 11.0 Å². The van der Waals surface area contributed by atoms with Crippen LogP contribution < -0.4 is 11.4 Å². The van der Waals surface area contributed by atoms with Crippen molar-refractivity contribution >= 4 is 22.4 Å². The second kappa shape index (κ2) is 4.36. The molecule has 0 spiro atoms. The summed E-state index contributed by atoms with van der Waals surface area (Å²) in [4.78, 5) is 19.2. The number of nitrogens with one attached hydrogen (secondary N) is 2. The number of benzene rings is 1. The van der Waals surface area contributed by atoms with Crippen LogP contribution in [0.1, 0.15) is 26.9 Å². The average molecular weight is 273 g/mol. The van der Waals surface area contributed by atoms with Gasteiger partial charge in [-0.1, -0.05) is 6.07 Å². The first-order valence-electron chi connectivity index (χ1n) is 6.09. The SMILES string of the molecule is Cc1cc(C(N)c2ccc3[nH]c(=O)[nH]c3c2)sc1C. The normalized spacial score (nSPS) is 13.0. The minimum atomic E-state index is -0.191. The summed E-state index contributed by atoms with van der Waals surface area (Å²) in [5.74, 6) is 0. The van der Waals surface area contributed by atoms with E-state index in [0.29, 0.717) is 0 Å². The van der Waals surface area contributed by atoms with Crippen LogP contribution in [0.5, 0.6) is 0 Å². The van der Waals surface area contributed by atoms with E-state index < -0.39 is 0 Å². The summed E-state index contributed by atoms with van der Waals surface area (Å²) in [7, 11) is 0. The van der Waals surface area contributed by atoms with Gasteiger partial charge in [0.15, 0.2) is 0 Å². The highest BCUT2D eigenvalue weighted by atomic mass is 32.1.